The Kier molecular flexibility index (Phi) is 3.76. The standard InChI is InChI=1S/C9H11N3O4/c1-5(13)11-6(9(15)16)4-7-10-3-2-8(14)12-7/h2-3,6H,4H2,1H3,(H,11,13)(H,15,16)(H,10,12,14). The summed E-state index contributed by atoms with van der Waals surface area (Å²) in [6.07, 6.45) is 1.21. The number of aromatic nitrogens is 2. The summed E-state index contributed by atoms with van der Waals surface area (Å²) in [5, 5.41) is 11.1. The summed E-state index contributed by atoms with van der Waals surface area (Å²) in [4.78, 5) is 38.7. The van der Waals surface area contributed by atoms with Gasteiger partial charge >= 0.3 is 5.97 Å². The molecule has 0 saturated heterocycles. The number of hydrogen-bond donors (Lipinski definition) is 3. The molecule has 0 saturated carbocycles. The second-order valence-corrected chi connectivity index (χ2v) is 3.18. The highest BCUT2D eigenvalue weighted by Gasteiger charge is 2.19. The van der Waals surface area contributed by atoms with E-state index in [9.17, 15) is 14.4 Å². The molecule has 1 aromatic heterocycles. The Balaban J connectivity index is 2.79. The van der Waals surface area contributed by atoms with E-state index < -0.39 is 17.9 Å². The molecule has 0 aromatic carbocycles. The summed E-state index contributed by atoms with van der Waals surface area (Å²) in [5.74, 6) is -1.42. The zero-order valence-electron chi connectivity index (χ0n) is 8.56. The smallest absolute Gasteiger partial charge is 0.326 e. The second kappa shape index (κ2) is 5.06. The van der Waals surface area contributed by atoms with Crippen molar-refractivity contribution in [2.24, 2.45) is 0 Å². The monoisotopic (exact) mass is 225 g/mol. The van der Waals surface area contributed by atoms with E-state index in [4.69, 9.17) is 5.11 Å². The highest BCUT2D eigenvalue weighted by molar-refractivity contribution is 5.82. The third-order valence-corrected chi connectivity index (χ3v) is 1.80. The summed E-state index contributed by atoms with van der Waals surface area (Å²) in [7, 11) is 0. The van der Waals surface area contributed by atoms with Crippen LogP contribution in [0, 0.1) is 0 Å². The molecule has 3 N–H and O–H groups in total. The first kappa shape index (κ1) is 11.9. The summed E-state index contributed by atoms with van der Waals surface area (Å²) in [6.45, 7) is 1.22. The molecule has 0 spiro atoms. The van der Waals surface area contributed by atoms with E-state index in [1.54, 1.807) is 0 Å². The van der Waals surface area contributed by atoms with Crippen LogP contribution in [0.25, 0.3) is 0 Å². The highest BCUT2D eigenvalue weighted by Crippen LogP contribution is 1.95. The van der Waals surface area contributed by atoms with Crippen molar-refractivity contribution in [1.29, 1.82) is 0 Å². The lowest BCUT2D eigenvalue weighted by Gasteiger charge is -2.11. The van der Waals surface area contributed by atoms with Crippen LogP contribution in [0.5, 0.6) is 0 Å². The average molecular weight is 225 g/mol. The number of aliphatic carboxylic acids is 1. The summed E-state index contributed by atoms with van der Waals surface area (Å²) in [6, 6.07) is 0.126. The minimum Gasteiger partial charge on any atom is -0.480 e. The van der Waals surface area contributed by atoms with Crippen LogP contribution < -0.4 is 10.9 Å². The molecule has 0 fully saturated rings. The van der Waals surface area contributed by atoms with Gasteiger partial charge in [-0.25, -0.2) is 9.78 Å². The molecule has 0 aliphatic rings. The number of rotatable bonds is 4. The number of H-pyrrole nitrogens is 1. The number of nitrogens with one attached hydrogen (secondary N) is 2. The van der Waals surface area contributed by atoms with Gasteiger partial charge in [0.2, 0.25) is 5.91 Å². The summed E-state index contributed by atoms with van der Waals surface area (Å²) < 4.78 is 0. The summed E-state index contributed by atoms with van der Waals surface area (Å²) in [5.41, 5.74) is -0.364. The number of carbonyl (C=O) groups is 2. The van der Waals surface area contributed by atoms with E-state index in [2.05, 4.69) is 15.3 Å². The van der Waals surface area contributed by atoms with Crippen LogP contribution in [0.1, 0.15) is 12.7 Å². The Bertz CT molecular complexity index is 454. The molecule has 1 amide bonds. The van der Waals surface area contributed by atoms with Crippen molar-refractivity contribution in [2.75, 3.05) is 0 Å². The van der Waals surface area contributed by atoms with E-state index in [1.807, 2.05) is 0 Å². The number of hydrogen-bond acceptors (Lipinski definition) is 4. The number of aromatic amines is 1. The van der Waals surface area contributed by atoms with E-state index in [-0.39, 0.29) is 17.8 Å². The lowest BCUT2D eigenvalue weighted by molar-refractivity contribution is -0.141. The Morgan fingerprint density at radius 2 is 2.31 bits per heavy atom. The fourth-order valence-electron chi connectivity index (χ4n) is 1.15. The van der Waals surface area contributed by atoms with Crippen molar-refractivity contribution < 1.29 is 14.7 Å². The maximum Gasteiger partial charge on any atom is 0.326 e. The fourth-order valence-corrected chi connectivity index (χ4v) is 1.15. The van der Waals surface area contributed by atoms with Gasteiger partial charge in [0.05, 0.1) is 0 Å². The van der Waals surface area contributed by atoms with Gasteiger partial charge in [0.1, 0.15) is 11.9 Å². The van der Waals surface area contributed by atoms with Crippen LogP contribution in [-0.2, 0) is 16.0 Å². The highest BCUT2D eigenvalue weighted by atomic mass is 16.4. The molecular weight excluding hydrogens is 214 g/mol. The number of nitrogens with zero attached hydrogens (tertiary/aromatic N) is 1. The van der Waals surface area contributed by atoms with Crippen molar-refractivity contribution in [3.8, 4) is 0 Å². The van der Waals surface area contributed by atoms with Crippen molar-refractivity contribution in [3.05, 3.63) is 28.4 Å². The Morgan fingerprint density at radius 1 is 1.62 bits per heavy atom. The average Bonchev–Trinajstić information content (AvgIpc) is 2.15. The van der Waals surface area contributed by atoms with Gasteiger partial charge in [-0.1, -0.05) is 0 Å². The quantitative estimate of drug-likeness (QED) is 0.602. The number of carboxylic acids is 1. The van der Waals surface area contributed by atoms with E-state index in [0.717, 1.165) is 0 Å². The van der Waals surface area contributed by atoms with Crippen molar-refractivity contribution in [2.45, 2.75) is 19.4 Å². The number of carbonyl (C=O) groups excluding carboxylic acids is 1. The largest absolute Gasteiger partial charge is 0.480 e. The lowest BCUT2D eigenvalue weighted by atomic mass is 10.2. The van der Waals surface area contributed by atoms with Gasteiger partial charge in [-0.15, -0.1) is 0 Å². The molecule has 0 aliphatic carbocycles. The first-order chi connectivity index (χ1) is 7.49. The van der Waals surface area contributed by atoms with E-state index in [0.29, 0.717) is 0 Å². The molecule has 1 aromatic rings. The van der Waals surface area contributed by atoms with Gasteiger partial charge in [-0.2, -0.15) is 0 Å². The third kappa shape index (κ3) is 3.52. The number of amides is 1. The van der Waals surface area contributed by atoms with Crippen LogP contribution in [-0.4, -0.2) is 33.0 Å². The van der Waals surface area contributed by atoms with Gasteiger partial charge in [0, 0.05) is 25.6 Å². The maximum absolute atomic E-state index is 10.9. The van der Waals surface area contributed by atoms with Crippen LogP contribution >= 0.6 is 0 Å². The lowest BCUT2D eigenvalue weighted by Crippen LogP contribution is -2.41. The minimum atomic E-state index is -1.18. The Morgan fingerprint density at radius 3 is 2.81 bits per heavy atom. The topological polar surface area (TPSA) is 112 Å². The molecule has 0 aliphatic heterocycles. The van der Waals surface area contributed by atoms with Gasteiger partial charge in [-0.05, 0) is 0 Å². The summed E-state index contributed by atoms with van der Waals surface area (Å²) >= 11 is 0. The first-order valence-corrected chi connectivity index (χ1v) is 4.53. The second-order valence-electron chi connectivity index (χ2n) is 3.18. The van der Waals surface area contributed by atoms with E-state index in [1.165, 1.54) is 19.2 Å². The Labute approximate surface area is 90.5 Å². The molecular formula is C9H11N3O4. The molecule has 1 heterocycles. The van der Waals surface area contributed by atoms with E-state index >= 15 is 0 Å². The maximum atomic E-state index is 10.9. The SMILES string of the molecule is CC(=O)NC(Cc1nccc(=O)[nH]1)C(=O)O. The predicted octanol–water partition coefficient (Wildman–Crippen LogP) is -1.10. The van der Waals surface area contributed by atoms with Crippen molar-refractivity contribution >= 4 is 11.9 Å². The normalized spacial score (nSPS) is 11.8. The molecule has 1 unspecified atom stereocenters. The van der Waals surface area contributed by atoms with Crippen LogP contribution in [0.15, 0.2) is 17.1 Å². The zero-order chi connectivity index (χ0) is 12.1. The third-order valence-electron chi connectivity index (χ3n) is 1.80. The molecule has 86 valence electrons. The van der Waals surface area contributed by atoms with Gasteiger partial charge in [-0.3, -0.25) is 9.59 Å². The molecule has 1 rings (SSSR count). The molecule has 0 radical (unpaired) electrons. The van der Waals surface area contributed by atoms with Crippen molar-refractivity contribution in [3.63, 3.8) is 0 Å². The molecule has 1 atom stereocenters. The zero-order valence-corrected chi connectivity index (χ0v) is 8.56. The molecule has 0 bridgehead atoms. The molecule has 16 heavy (non-hydrogen) atoms. The predicted molar refractivity (Wildman–Crippen MR) is 53.8 cm³/mol. The van der Waals surface area contributed by atoms with Gasteiger partial charge in [0.15, 0.2) is 0 Å². The van der Waals surface area contributed by atoms with Crippen LogP contribution in [0.4, 0.5) is 0 Å². The van der Waals surface area contributed by atoms with Gasteiger partial charge in [0.25, 0.3) is 5.56 Å². The number of carboxylic acid groups (broad SMARTS) is 1. The minimum absolute atomic E-state index is 0.0645. The molecule has 7 heteroatoms. The Hall–Kier alpha value is -2.18. The first-order valence-electron chi connectivity index (χ1n) is 4.53. The van der Waals surface area contributed by atoms with Gasteiger partial charge < -0.3 is 15.4 Å². The van der Waals surface area contributed by atoms with Crippen LogP contribution in [0.3, 0.4) is 0 Å². The van der Waals surface area contributed by atoms with Crippen LogP contribution in [0.2, 0.25) is 0 Å². The molecule has 7 nitrogen and oxygen atoms in total. The van der Waals surface area contributed by atoms with Crippen molar-refractivity contribution in [1.82, 2.24) is 15.3 Å². The fraction of sp³-hybridized carbons (Fsp3) is 0.333.